The van der Waals surface area contributed by atoms with E-state index < -0.39 is 0 Å². The van der Waals surface area contributed by atoms with Gasteiger partial charge in [-0.2, -0.15) is 5.26 Å². The fraction of sp³-hybridized carbons (Fsp3) is 0.100. The molecule has 1 heterocycles. The van der Waals surface area contributed by atoms with Gasteiger partial charge in [0.25, 0.3) is 0 Å². The molecule has 0 aliphatic rings. The molecule has 0 unspecified atom stereocenters. The quantitative estimate of drug-likeness (QED) is 0.467. The van der Waals surface area contributed by atoms with Crippen molar-refractivity contribution in [3.05, 3.63) is 69.1 Å². The highest BCUT2D eigenvalue weighted by Crippen LogP contribution is 2.28. The van der Waals surface area contributed by atoms with E-state index in [2.05, 4.69) is 16.4 Å². The third-order valence-electron chi connectivity index (χ3n) is 3.62. The predicted molar refractivity (Wildman–Crippen MR) is 112 cm³/mol. The molecule has 2 aromatic carbocycles. The standard InChI is InChI=1S/C20H15Cl2N3OS/c1-2-26-16-6-3-13(4-7-16)19-12-27-20(25-19)14(10-23)11-24-15-5-8-17(21)18(22)9-15/h3-9,11-12,24H,2H2,1H3. The Balaban J connectivity index is 1.78. The van der Waals surface area contributed by atoms with Gasteiger partial charge in [0.05, 0.1) is 22.3 Å². The monoisotopic (exact) mass is 415 g/mol. The highest BCUT2D eigenvalue weighted by molar-refractivity contribution is 7.11. The van der Waals surface area contributed by atoms with E-state index in [0.717, 1.165) is 22.7 Å². The lowest BCUT2D eigenvalue weighted by Gasteiger charge is -2.03. The van der Waals surface area contributed by atoms with E-state index in [0.29, 0.717) is 27.2 Å². The summed E-state index contributed by atoms with van der Waals surface area (Å²) in [6.07, 6.45) is 1.61. The van der Waals surface area contributed by atoms with E-state index in [4.69, 9.17) is 27.9 Å². The zero-order chi connectivity index (χ0) is 19.2. The van der Waals surface area contributed by atoms with Gasteiger partial charge in [0.15, 0.2) is 0 Å². The summed E-state index contributed by atoms with van der Waals surface area (Å²) >= 11 is 13.3. The molecule has 3 rings (SSSR count). The molecule has 0 bridgehead atoms. The van der Waals surface area contributed by atoms with Crippen molar-refractivity contribution in [2.75, 3.05) is 11.9 Å². The molecule has 4 nitrogen and oxygen atoms in total. The highest BCUT2D eigenvalue weighted by atomic mass is 35.5. The molecule has 1 aromatic heterocycles. The molecule has 0 aliphatic heterocycles. The normalized spacial score (nSPS) is 11.1. The summed E-state index contributed by atoms with van der Waals surface area (Å²) in [7, 11) is 0. The number of nitriles is 1. The van der Waals surface area contributed by atoms with Crippen LogP contribution in [0.25, 0.3) is 16.8 Å². The molecule has 0 spiro atoms. The fourth-order valence-electron chi connectivity index (χ4n) is 2.30. The SMILES string of the molecule is CCOc1ccc(-c2csc(C(C#N)=CNc3ccc(Cl)c(Cl)c3)n2)cc1. The number of aromatic nitrogens is 1. The fourth-order valence-corrected chi connectivity index (χ4v) is 3.39. The number of ether oxygens (including phenoxy) is 1. The summed E-state index contributed by atoms with van der Waals surface area (Å²) in [6.45, 7) is 2.57. The van der Waals surface area contributed by atoms with Crippen LogP contribution < -0.4 is 10.1 Å². The van der Waals surface area contributed by atoms with Crippen molar-refractivity contribution >= 4 is 45.8 Å². The second-order valence-corrected chi connectivity index (χ2v) is 7.11. The number of halogens is 2. The van der Waals surface area contributed by atoms with Gasteiger partial charge in [-0.05, 0) is 49.4 Å². The molecule has 7 heteroatoms. The Morgan fingerprint density at radius 1 is 1.22 bits per heavy atom. The van der Waals surface area contributed by atoms with Crippen LogP contribution in [0.5, 0.6) is 5.75 Å². The molecule has 0 aliphatic carbocycles. The minimum absolute atomic E-state index is 0.434. The Morgan fingerprint density at radius 2 is 2.00 bits per heavy atom. The van der Waals surface area contributed by atoms with Crippen molar-refractivity contribution in [1.29, 1.82) is 5.26 Å². The van der Waals surface area contributed by atoms with Gasteiger partial charge >= 0.3 is 0 Å². The van der Waals surface area contributed by atoms with Crippen LogP contribution in [0.3, 0.4) is 0 Å². The van der Waals surface area contributed by atoms with E-state index in [-0.39, 0.29) is 0 Å². The number of nitrogens with one attached hydrogen (secondary N) is 1. The van der Waals surface area contributed by atoms with Crippen LogP contribution in [0.1, 0.15) is 11.9 Å². The highest BCUT2D eigenvalue weighted by Gasteiger charge is 2.09. The van der Waals surface area contributed by atoms with Crippen LogP contribution in [0.15, 0.2) is 54.0 Å². The Hall–Kier alpha value is -2.52. The van der Waals surface area contributed by atoms with Crippen molar-refractivity contribution in [3.63, 3.8) is 0 Å². The van der Waals surface area contributed by atoms with Crippen molar-refractivity contribution in [2.24, 2.45) is 0 Å². The lowest BCUT2D eigenvalue weighted by atomic mass is 10.2. The summed E-state index contributed by atoms with van der Waals surface area (Å²) in [4.78, 5) is 4.57. The van der Waals surface area contributed by atoms with Gasteiger partial charge in [-0.15, -0.1) is 11.3 Å². The summed E-state index contributed by atoms with van der Waals surface area (Å²) in [6, 6.07) is 15.1. The topological polar surface area (TPSA) is 57.9 Å². The Labute approximate surface area is 171 Å². The molecule has 0 fully saturated rings. The summed E-state index contributed by atoms with van der Waals surface area (Å²) < 4.78 is 5.45. The summed E-state index contributed by atoms with van der Waals surface area (Å²) in [5.41, 5.74) is 2.95. The molecule has 0 saturated carbocycles. The van der Waals surface area contributed by atoms with E-state index in [1.165, 1.54) is 11.3 Å². The number of benzene rings is 2. The van der Waals surface area contributed by atoms with E-state index in [1.54, 1.807) is 24.4 Å². The number of hydrogen-bond donors (Lipinski definition) is 1. The van der Waals surface area contributed by atoms with Gasteiger partial charge in [0.2, 0.25) is 0 Å². The maximum atomic E-state index is 9.48. The van der Waals surface area contributed by atoms with Crippen LogP contribution in [-0.2, 0) is 0 Å². The first-order valence-electron chi connectivity index (χ1n) is 8.11. The molecule has 136 valence electrons. The third-order valence-corrected chi connectivity index (χ3v) is 5.23. The van der Waals surface area contributed by atoms with Crippen LogP contribution in [0, 0.1) is 11.3 Å². The smallest absolute Gasteiger partial charge is 0.136 e. The first-order valence-corrected chi connectivity index (χ1v) is 9.75. The van der Waals surface area contributed by atoms with Crippen molar-refractivity contribution in [1.82, 2.24) is 4.98 Å². The molecule has 0 radical (unpaired) electrons. The lowest BCUT2D eigenvalue weighted by molar-refractivity contribution is 0.340. The molecule has 27 heavy (non-hydrogen) atoms. The molecular weight excluding hydrogens is 401 g/mol. The van der Waals surface area contributed by atoms with Gasteiger partial charge in [-0.1, -0.05) is 23.2 Å². The van der Waals surface area contributed by atoms with Crippen LogP contribution in [-0.4, -0.2) is 11.6 Å². The predicted octanol–water partition coefficient (Wildman–Crippen LogP) is 6.49. The molecule has 0 saturated heterocycles. The van der Waals surface area contributed by atoms with Crippen molar-refractivity contribution in [3.8, 4) is 23.1 Å². The van der Waals surface area contributed by atoms with Gasteiger partial charge < -0.3 is 10.1 Å². The average Bonchev–Trinajstić information content (AvgIpc) is 3.16. The lowest BCUT2D eigenvalue weighted by Crippen LogP contribution is -1.91. The molecule has 1 N–H and O–H groups in total. The van der Waals surface area contributed by atoms with Crippen LogP contribution in [0.2, 0.25) is 10.0 Å². The van der Waals surface area contributed by atoms with Crippen molar-refractivity contribution < 1.29 is 4.74 Å². The molecule has 0 atom stereocenters. The third kappa shape index (κ3) is 4.81. The zero-order valence-corrected chi connectivity index (χ0v) is 16.7. The van der Waals surface area contributed by atoms with Gasteiger partial charge in [-0.25, -0.2) is 4.98 Å². The minimum Gasteiger partial charge on any atom is -0.494 e. The van der Waals surface area contributed by atoms with Gasteiger partial charge in [0, 0.05) is 22.8 Å². The number of hydrogen-bond acceptors (Lipinski definition) is 5. The molecule has 3 aromatic rings. The average molecular weight is 416 g/mol. The Morgan fingerprint density at radius 3 is 2.67 bits per heavy atom. The zero-order valence-electron chi connectivity index (χ0n) is 14.4. The maximum absolute atomic E-state index is 9.48. The molecular formula is C20H15Cl2N3OS. The maximum Gasteiger partial charge on any atom is 0.136 e. The summed E-state index contributed by atoms with van der Waals surface area (Å²) in [5.74, 6) is 0.820. The van der Waals surface area contributed by atoms with Crippen LogP contribution >= 0.6 is 34.5 Å². The first-order chi connectivity index (χ1) is 13.1. The second-order valence-electron chi connectivity index (χ2n) is 5.44. The number of thiazole rings is 1. The van der Waals surface area contributed by atoms with Crippen molar-refractivity contribution in [2.45, 2.75) is 6.92 Å². The number of allylic oxidation sites excluding steroid dienone is 1. The van der Waals surface area contributed by atoms with Gasteiger partial charge in [-0.3, -0.25) is 0 Å². The van der Waals surface area contributed by atoms with E-state index in [1.807, 2.05) is 36.6 Å². The van der Waals surface area contributed by atoms with E-state index in [9.17, 15) is 5.26 Å². The first kappa shape index (κ1) is 19.2. The van der Waals surface area contributed by atoms with Gasteiger partial charge in [0.1, 0.15) is 22.4 Å². The minimum atomic E-state index is 0.434. The molecule has 0 amide bonds. The second kappa shape index (κ2) is 8.92. The Kier molecular flexibility index (Phi) is 6.36. The number of anilines is 1. The number of rotatable bonds is 6. The largest absolute Gasteiger partial charge is 0.494 e. The Bertz CT molecular complexity index is 1010. The number of nitrogens with zero attached hydrogens (tertiary/aromatic N) is 2. The summed E-state index contributed by atoms with van der Waals surface area (Å²) in [5, 5.41) is 16.0. The van der Waals surface area contributed by atoms with E-state index >= 15 is 0 Å². The van der Waals surface area contributed by atoms with Crippen LogP contribution in [0.4, 0.5) is 5.69 Å².